The maximum Gasteiger partial charge on any atom is 0.255 e. The van der Waals surface area contributed by atoms with E-state index < -0.39 is 29.3 Å². The van der Waals surface area contributed by atoms with E-state index in [4.69, 9.17) is 15.2 Å². The Balaban J connectivity index is 0.000000667. The number of carbonyl (C=O) groups excluding carboxylic acids is 1. The van der Waals surface area contributed by atoms with Crippen molar-refractivity contribution in [2.75, 3.05) is 20.3 Å². The Hall–Kier alpha value is -2.29. The fourth-order valence-electron chi connectivity index (χ4n) is 3.95. The number of fused-ring (bicyclic) bond motifs is 1. The van der Waals surface area contributed by atoms with E-state index in [0.29, 0.717) is 13.0 Å². The second kappa shape index (κ2) is 7.76. The average molecular weight is 425 g/mol. The molecule has 2 aliphatic heterocycles. The Kier molecular flexibility index (Phi) is 5.42. The van der Waals surface area contributed by atoms with E-state index in [1.807, 2.05) is 0 Å². The highest BCUT2D eigenvalue weighted by Gasteiger charge is 2.53. The van der Waals surface area contributed by atoms with E-state index in [2.05, 4.69) is 4.99 Å². The number of carbonyl (C=O) groups is 1. The summed E-state index contributed by atoms with van der Waals surface area (Å²) in [6.07, 6.45) is 3.51. The summed E-state index contributed by atoms with van der Waals surface area (Å²) in [6.45, 7) is 0.357. The number of guanidine groups is 1. The van der Waals surface area contributed by atoms with Crippen molar-refractivity contribution in [1.82, 2.24) is 4.90 Å². The predicted molar refractivity (Wildman–Crippen MR) is 104 cm³/mol. The van der Waals surface area contributed by atoms with E-state index in [0.717, 1.165) is 0 Å². The number of nitrogens with two attached hydrogens (primary N) is 1. The third kappa shape index (κ3) is 3.99. The lowest BCUT2D eigenvalue weighted by Crippen LogP contribution is -2.58. The zero-order valence-electron chi connectivity index (χ0n) is 16.9. The normalized spacial score (nSPS) is 29.7. The van der Waals surface area contributed by atoms with Gasteiger partial charge in [0.05, 0.1) is 12.5 Å². The van der Waals surface area contributed by atoms with Crippen LogP contribution in [0.5, 0.6) is 5.75 Å². The number of alkyl halides is 2. The molecular weight excluding hydrogens is 399 g/mol. The highest BCUT2D eigenvalue weighted by atomic mass is 19.3. The SMILES string of the molecule is C1CC1.CN1C(=O)C2CCOCC2(c2cc(OC3CC(F)(F)C3)ccc2F)N=C1N. The van der Waals surface area contributed by atoms with Gasteiger partial charge in [-0.25, -0.2) is 18.2 Å². The highest BCUT2D eigenvalue weighted by Crippen LogP contribution is 2.45. The standard InChI is InChI=1S/C18H20F3N3O3.C3H6/c1-24-15(25)12-4-5-26-9-18(12,23-16(24)22)13-6-10(2-3-14(13)19)27-11-7-17(20,21)8-11;1-2-3-1/h2-3,6,11-12H,4-5,7-9H2,1H3,(H2,22,23);1-3H2. The summed E-state index contributed by atoms with van der Waals surface area (Å²) in [5.41, 5.74) is 4.72. The zero-order valence-corrected chi connectivity index (χ0v) is 16.9. The number of ether oxygens (including phenoxy) is 2. The molecule has 0 spiro atoms. The minimum absolute atomic E-state index is 0.000179. The molecule has 1 saturated heterocycles. The molecule has 6 nitrogen and oxygen atoms in total. The molecule has 0 bridgehead atoms. The van der Waals surface area contributed by atoms with Crippen molar-refractivity contribution in [1.29, 1.82) is 0 Å². The van der Waals surface area contributed by atoms with Gasteiger partial charge in [0.2, 0.25) is 5.91 Å². The van der Waals surface area contributed by atoms with Crippen LogP contribution < -0.4 is 10.5 Å². The van der Waals surface area contributed by atoms with Gasteiger partial charge in [-0.05, 0) is 24.6 Å². The quantitative estimate of drug-likeness (QED) is 0.807. The Bertz CT molecular complexity index is 850. The maximum absolute atomic E-state index is 14.8. The molecule has 5 rings (SSSR count). The Morgan fingerprint density at radius 1 is 1.27 bits per heavy atom. The van der Waals surface area contributed by atoms with Gasteiger partial charge in [0, 0.05) is 32.1 Å². The lowest BCUT2D eigenvalue weighted by Gasteiger charge is -2.45. The maximum atomic E-state index is 14.8. The van der Waals surface area contributed by atoms with Crippen LogP contribution in [-0.2, 0) is 15.1 Å². The monoisotopic (exact) mass is 425 g/mol. The van der Waals surface area contributed by atoms with E-state index in [9.17, 15) is 18.0 Å². The molecule has 164 valence electrons. The topological polar surface area (TPSA) is 77.2 Å². The molecule has 3 fully saturated rings. The molecule has 2 unspecified atom stereocenters. The number of benzene rings is 1. The molecule has 2 saturated carbocycles. The van der Waals surface area contributed by atoms with E-state index in [1.165, 1.54) is 49.4 Å². The Morgan fingerprint density at radius 2 is 1.97 bits per heavy atom. The van der Waals surface area contributed by atoms with Gasteiger partial charge in [-0.1, -0.05) is 19.3 Å². The molecule has 0 aromatic heterocycles. The number of halogens is 3. The molecule has 2 N–H and O–H groups in total. The van der Waals surface area contributed by atoms with Crippen molar-refractivity contribution >= 4 is 11.9 Å². The van der Waals surface area contributed by atoms with Crippen LogP contribution in [0.2, 0.25) is 0 Å². The first-order chi connectivity index (χ1) is 14.2. The second-order valence-electron chi connectivity index (χ2n) is 8.39. The molecule has 2 atom stereocenters. The molecular formula is C21H26F3N3O3. The smallest absolute Gasteiger partial charge is 0.255 e. The van der Waals surface area contributed by atoms with E-state index in [1.54, 1.807) is 0 Å². The molecule has 1 aromatic rings. The third-order valence-corrected chi connectivity index (χ3v) is 5.85. The predicted octanol–water partition coefficient (Wildman–Crippen LogP) is 3.19. The molecule has 9 heteroatoms. The average Bonchev–Trinajstić information content (AvgIpc) is 3.55. The van der Waals surface area contributed by atoms with Gasteiger partial charge < -0.3 is 15.2 Å². The van der Waals surface area contributed by atoms with Crippen LogP contribution >= 0.6 is 0 Å². The molecule has 1 aromatic carbocycles. The minimum Gasteiger partial charge on any atom is -0.490 e. The van der Waals surface area contributed by atoms with Gasteiger partial charge in [0.15, 0.2) is 5.96 Å². The van der Waals surface area contributed by atoms with Crippen LogP contribution in [0, 0.1) is 11.7 Å². The first-order valence-electron chi connectivity index (χ1n) is 10.3. The van der Waals surface area contributed by atoms with Crippen molar-refractivity contribution in [3.63, 3.8) is 0 Å². The van der Waals surface area contributed by atoms with Gasteiger partial charge in [-0.15, -0.1) is 0 Å². The first kappa shape index (κ1) is 21.0. The summed E-state index contributed by atoms with van der Waals surface area (Å²) in [5, 5.41) is 0. The van der Waals surface area contributed by atoms with Gasteiger partial charge in [-0.2, -0.15) is 0 Å². The Morgan fingerprint density at radius 3 is 2.60 bits per heavy atom. The van der Waals surface area contributed by atoms with Crippen LogP contribution in [0.25, 0.3) is 0 Å². The van der Waals surface area contributed by atoms with Gasteiger partial charge in [0.25, 0.3) is 5.92 Å². The van der Waals surface area contributed by atoms with Crippen molar-refractivity contribution in [3.05, 3.63) is 29.6 Å². The van der Waals surface area contributed by atoms with Crippen molar-refractivity contribution in [2.24, 2.45) is 16.6 Å². The van der Waals surface area contributed by atoms with Crippen molar-refractivity contribution < 1.29 is 27.4 Å². The molecule has 2 aliphatic carbocycles. The summed E-state index contributed by atoms with van der Waals surface area (Å²) < 4.78 is 51.9. The summed E-state index contributed by atoms with van der Waals surface area (Å²) >= 11 is 0. The number of aliphatic imine (C=N–C) groups is 1. The first-order valence-corrected chi connectivity index (χ1v) is 10.3. The van der Waals surface area contributed by atoms with Crippen LogP contribution in [0.4, 0.5) is 13.2 Å². The molecule has 1 amide bonds. The lowest BCUT2D eigenvalue weighted by atomic mass is 9.74. The summed E-state index contributed by atoms with van der Waals surface area (Å²) in [6, 6.07) is 3.99. The number of amides is 1. The molecule has 0 radical (unpaired) electrons. The number of hydrogen-bond donors (Lipinski definition) is 1. The van der Waals surface area contributed by atoms with Gasteiger partial charge in [-0.3, -0.25) is 9.69 Å². The van der Waals surface area contributed by atoms with Crippen LogP contribution in [0.1, 0.15) is 44.1 Å². The van der Waals surface area contributed by atoms with Gasteiger partial charge in [0.1, 0.15) is 23.2 Å². The largest absolute Gasteiger partial charge is 0.490 e. The zero-order chi connectivity index (χ0) is 21.5. The highest BCUT2D eigenvalue weighted by molar-refractivity contribution is 6.00. The summed E-state index contributed by atoms with van der Waals surface area (Å²) in [5.74, 6) is -3.94. The molecule has 2 heterocycles. The van der Waals surface area contributed by atoms with E-state index in [-0.39, 0.29) is 42.6 Å². The third-order valence-electron chi connectivity index (χ3n) is 5.85. The number of nitrogens with zero attached hydrogens (tertiary/aromatic N) is 2. The molecule has 30 heavy (non-hydrogen) atoms. The minimum atomic E-state index is -2.71. The summed E-state index contributed by atoms with van der Waals surface area (Å²) in [7, 11) is 1.52. The number of rotatable bonds is 3. The summed E-state index contributed by atoms with van der Waals surface area (Å²) in [4.78, 5) is 18.4. The Labute approximate surface area is 173 Å². The number of hydrogen-bond acceptors (Lipinski definition) is 5. The van der Waals surface area contributed by atoms with Crippen LogP contribution in [-0.4, -0.2) is 49.1 Å². The fraction of sp³-hybridized carbons (Fsp3) is 0.619. The van der Waals surface area contributed by atoms with Crippen molar-refractivity contribution in [3.8, 4) is 5.75 Å². The lowest BCUT2D eigenvalue weighted by molar-refractivity contribution is -0.140. The van der Waals surface area contributed by atoms with Gasteiger partial charge >= 0.3 is 0 Å². The van der Waals surface area contributed by atoms with Crippen molar-refractivity contribution in [2.45, 2.75) is 56.1 Å². The van der Waals surface area contributed by atoms with Crippen LogP contribution in [0.3, 0.4) is 0 Å². The molecule has 4 aliphatic rings. The second-order valence-corrected chi connectivity index (χ2v) is 8.39. The van der Waals surface area contributed by atoms with Crippen LogP contribution in [0.15, 0.2) is 23.2 Å². The fourth-order valence-corrected chi connectivity index (χ4v) is 3.95. The van der Waals surface area contributed by atoms with E-state index >= 15 is 0 Å².